The summed E-state index contributed by atoms with van der Waals surface area (Å²) in [6.45, 7) is 5.52. The topological polar surface area (TPSA) is 84.0 Å². The summed E-state index contributed by atoms with van der Waals surface area (Å²) in [5.74, 6) is 0.0980. The van der Waals surface area contributed by atoms with Gasteiger partial charge in [-0.25, -0.2) is 0 Å². The van der Waals surface area contributed by atoms with Gasteiger partial charge in [-0.3, -0.25) is 4.98 Å². The van der Waals surface area contributed by atoms with Gasteiger partial charge in [0.1, 0.15) is 0 Å². The van der Waals surface area contributed by atoms with Gasteiger partial charge in [0, 0.05) is 25.9 Å². The van der Waals surface area contributed by atoms with E-state index >= 15 is 0 Å². The summed E-state index contributed by atoms with van der Waals surface area (Å²) >= 11 is 0. The van der Waals surface area contributed by atoms with Crippen molar-refractivity contribution in [3.63, 3.8) is 0 Å². The molecule has 0 radical (unpaired) electrons. The highest BCUT2D eigenvalue weighted by molar-refractivity contribution is 6.03. The van der Waals surface area contributed by atoms with E-state index in [9.17, 15) is 0 Å². The van der Waals surface area contributed by atoms with Crippen LogP contribution >= 0.6 is 0 Å². The van der Waals surface area contributed by atoms with Crippen LogP contribution in [0.1, 0.15) is 23.4 Å². The molecule has 0 bridgehead atoms. The second kappa shape index (κ2) is 5.44. The molecule has 0 aliphatic carbocycles. The number of aryl methyl sites for hydroxylation is 2. The molecule has 104 valence electrons. The van der Waals surface area contributed by atoms with Crippen LogP contribution in [0.5, 0.6) is 0 Å². The van der Waals surface area contributed by atoms with Crippen LogP contribution in [0.25, 0.3) is 0 Å². The molecule has 3 N–H and O–H groups in total. The van der Waals surface area contributed by atoms with Crippen molar-refractivity contribution in [3.05, 3.63) is 23.0 Å². The first-order valence-electron chi connectivity index (χ1n) is 6.30. The van der Waals surface area contributed by atoms with Crippen molar-refractivity contribution in [2.75, 3.05) is 25.1 Å². The molecule has 1 atom stereocenters. The Kier molecular flexibility index (Phi) is 3.90. The van der Waals surface area contributed by atoms with Gasteiger partial charge in [0.15, 0.2) is 5.84 Å². The SMILES string of the molecule is COC1CCN(c2cc(C)nc(C)c2/C(N)=N/O)C1. The number of hydrogen-bond acceptors (Lipinski definition) is 5. The number of oxime groups is 1. The molecule has 1 aromatic heterocycles. The molecule has 19 heavy (non-hydrogen) atoms. The Hall–Kier alpha value is -1.82. The van der Waals surface area contributed by atoms with Crippen molar-refractivity contribution >= 4 is 11.5 Å². The van der Waals surface area contributed by atoms with Crippen molar-refractivity contribution in [2.45, 2.75) is 26.4 Å². The lowest BCUT2D eigenvalue weighted by Gasteiger charge is -2.23. The average molecular weight is 264 g/mol. The first-order valence-corrected chi connectivity index (χ1v) is 6.30. The average Bonchev–Trinajstić information content (AvgIpc) is 2.85. The normalized spacial score (nSPS) is 20.1. The number of anilines is 1. The zero-order valence-corrected chi connectivity index (χ0v) is 11.6. The number of ether oxygens (including phenoxy) is 1. The van der Waals surface area contributed by atoms with Gasteiger partial charge in [0.2, 0.25) is 0 Å². The fourth-order valence-electron chi connectivity index (χ4n) is 2.56. The number of amidine groups is 1. The third-order valence-corrected chi connectivity index (χ3v) is 3.49. The van der Waals surface area contributed by atoms with Gasteiger partial charge >= 0.3 is 0 Å². The van der Waals surface area contributed by atoms with Crippen LogP contribution in [0.2, 0.25) is 0 Å². The lowest BCUT2D eigenvalue weighted by molar-refractivity contribution is 0.121. The molecule has 1 saturated heterocycles. The van der Waals surface area contributed by atoms with Crippen molar-refractivity contribution in [1.82, 2.24) is 4.98 Å². The maximum Gasteiger partial charge on any atom is 0.174 e. The van der Waals surface area contributed by atoms with E-state index in [0.717, 1.165) is 36.6 Å². The van der Waals surface area contributed by atoms with Crippen molar-refractivity contribution in [1.29, 1.82) is 0 Å². The minimum absolute atomic E-state index is 0.0980. The third kappa shape index (κ3) is 2.63. The van der Waals surface area contributed by atoms with Crippen LogP contribution in [-0.2, 0) is 4.74 Å². The van der Waals surface area contributed by atoms with E-state index in [1.807, 2.05) is 19.9 Å². The van der Waals surface area contributed by atoms with E-state index in [1.54, 1.807) is 7.11 Å². The van der Waals surface area contributed by atoms with Gasteiger partial charge in [-0.1, -0.05) is 5.16 Å². The molecule has 6 nitrogen and oxygen atoms in total. The van der Waals surface area contributed by atoms with E-state index < -0.39 is 0 Å². The molecule has 2 rings (SSSR count). The first-order chi connectivity index (χ1) is 9.06. The summed E-state index contributed by atoms with van der Waals surface area (Å²) in [7, 11) is 1.72. The van der Waals surface area contributed by atoms with Gasteiger partial charge in [-0.15, -0.1) is 0 Å². The monoisotopic (exact) mass is 264 g/mol. The lowest BCUT2D eigenvalue weighted by atomic mass is 10.1. The van der Waals surface area contributed by atoms with Gasteiger partial charge in [0.25, 0.3) is 0 Å². The molecular formula is C13H20N4O2. The predicted octanol–water partition coefficient (Wildman–Crippen LogP) is 1.02. The molecular weight excluding hydrogens is 244 g/mol. The summed E-state index contributed by atoms with van der Waals surface area (Å²) in [6.07, 6.45) is 1.21. The predicted molar refractivity (Wildman–Crippen MR) is 73.8 cm³/mol. The first kappa shape index (κ1) is 13.6. The molecule has 0 saturated carbocycles. The van der Waals surface area contributed by atoms with Crippen LogP contribution < -0.4 is 10.6 Å². The van der Waals surface area contributed by atoms with Crippen LogP contribution in [0.4, 0.5) is 5.69 Å². The van der Waals surface area contributed by atoms with E-state index in [0.29, 0.717) is 5.56 Å². The van der Waals surface area contributed by atoms with E-state index in [2.05, 4.69) is 15.0 Å². The van der Waals surface area contributed by atoms with Crippen molar-refractivity contribution in [3.8, 4) is 0 Å². The number of rotatable bonds is 3. The Balaban J connectivity index is 2.44. The molecule has 1 aromatic rings. The van der Waals surface area contributed by atoms with Gasteiger partial charge in [-0.05, 0) is 26.3 Å². The van der Waals surface area contributed by atoms with Crippen LogP contribution in [0.15, 0.2) is 11.2 Å². The third-order valence-electron chi connectivity index (χ3n) is 3.49. The summed E-state index contributed by atoms with van der Waals surface area (Å²) in [4.78, 5) is 6.58. The van der Waals surface area contributed by atoms with Crippen molar-refractivity contribution in [2.24, 2.45) is 10.9 Å². The number of methoxy groups -OCH3 is 1. The molecule has 1 fully saturated rings. The Morgan fingerprint density at radius 3 is 2.89 bits per heavy atom. The van der Waals surface area contributed by atoms with Crippen LogP contribution in [0.3, 0.4) is 0 Å². The summed E-state index contributed by atoms with van der Waals surface area (Å²) in [5.41, 5.74) is 9.13. The van der Waals surface area contributed by atoms with Crippen LogP contribution in [0, 0.1) is 13.8 Å². The molecule has 0 aromatic carbocycles. The second-order valence-corrected chi connectivity index (χ2v) is 4.82. The highest BCUT2D eigenvalue weighted by Crippen LogP contribution is 2.27. The highest BCUT2D eigenvalue weighted by Gasteiger charge is 2.26. The highest BCUT2D eigenvalue weighted by atomic mass is 16.5. The quantitative estimate of drug-likeness (QED) is 0.368. The Morgan fingerprint density at radius 1 is 1.58 bits per heavy atom. The van der Waals surface area contributed by atoms with Gasteiger partial charge in [0.05, 0.1) is 23.0 Å². The fraction of sp³-hybridized carbons (Fsp3) is 0.538. The molecule has 2 heterocycles. The summed E-state index contributed by atoms with van der Waals surface area (Å²) in [6, 6.07) is 1.97. The molecule has 0 amide bonds. The standard InChI is InChI=1S/C13H20N4O2/c1-8-6-11(17-5-4-10(7-17)19-3)12(9(2)15-8)13(14)16-18/h6,10,18H,4-5,7H2,1-3H3,(H2,14,16). The molecule has 1 aliphatic heterocycles. The number of hydrogen-bond donors (Lipinski definition) is 2. The Morgan fingerprint density at radius 2 is 2.32 bits per heavy atom. The lowest BCUT2D eigenvalue weighted by Crippen LogP contribution is -2.27. The molecule has 1 aliphatic rings. The number of nitrogens with two attached hydrogens (primary N) is 1. The maximum atomic E-state index is 8.94. The van der Waals surface area contributed by atoms with Gasteiger partial charge in [-0.2, -0.15) is 0 Å². The Labute approximate surface area is 112 Å². The largest absolute Gasteiger partial charge is 0.409 e. The maximum absolute atomic E-state index is 8.94. The second-order valence-electron chi connectivity index (χ2n) is 4.82. The smallest absolute Gasteiger partial charge is 0.174 e. The van der Waals surface area contributed by atoms with E-state index in [-0.39, 0.29) is 11.9 Å². The number of pyridine rings is 1. The summed E-state index contributed by atoms with van der Waals surface area (Å²) in [5, 5.41) is 12.1. The molecule has 0 spiro atoms. The fourth-order valence-corrected chi connectivity index (χ4v) is 2.56. The van der Waals surface area contributed by atoms with E-state index in [1.165, 1.54) is 0 Å². The number of nitrogens with zero attached hydrogens (tertiary/aromatic N) is 3. The zero-order valence-electron chi connectivity index (χ0n) is 11.6. The van der Waals surface area contributed by atoms with Crippen LogP contribution in [-0.4, -0.2) is 42.3 Å². The van der Waals surface area contributed by atoms with E-state index in [4.69, 9.17) is 15.7 Å². The summed E-state index contributed by atoms with van der Waals surface area (Å²) < 4.78 is 5.38. The minimum Gasteiger partial charge on any atom is -0.409 e. The molecule has 1 unspecified atom stereocenters. The number of aromatic nitrogens is 1. The van der Waals surface area contributed by atoms with Gasteiger partial charge < -0.3 is 20.6 Å². The Bertz CT molecular complexity index is 502. The van der Waals surface area contributed by atoms with Crippen molar-refractivity contribution < 1.29 is 9.94 Å². The molecule has 6 heteroatoms. The zero-order chi connectivity index (χ0) is 14.0. The minimum atomic E-state index is 0.0980.